The number of hydrogen-bond acceptors (Lipinski definition) is 2. The van der Waals surface area contributed by atoms with Crippen LogP contribution in [0, 0.1) is 0 Å². The first-order valence-corrected chi connectivity index (χ1v) is 5.95. The second-order valence-electron chi connectivity index (χ2n) is 4.33. The van der Waals surface area contributed by atoms with Crippen LogP contribution in [-0.4, -0.2) is 12.9 Å². The number of Topliss-reactive ketones (excluding diaryl/α,β-unsaturated/α-hetero) is 1. The summed E-state index contributed by atoms with van der Waals surface area (Å²) in [4.78, 5) is 11.9. The van der Waals surface area contributed by atoms with E-state index in [1.807, 2.05) is 13.0 Å². The topological polar surface area (TPSA) is 26.3 Å². The average molecular weight is 218 g/mol. The summed E-state index contributed by atoms with van der Waals surface area (Å²) in [5.41, 5.74) is 2.51. The zero-order chi connectivity index (χ0) is 11.5. The lowest BCUT2D eigenvalue weighted by Gasteiger charge is -2.24. The molecule has 0 saturated heterocycles. The maximum absolute atomic E-state index is 11.9. The fourth-order valence-corrected chi connectivity index (χ4v) is 2.50. The Hall–Kier alpha value is -1.31. The number of rotatable bonds is 3. The highest BCUT2D eigenvalue weighted by molar-refractivity contribution is 5.86. The second-order valence-corrected chi connectivity index (χ2v) is 4.33. The number of ether oxygens (including phenoxy) is 1. The Bertz CT molecular complexity index is 396. The van der Waals surface area contributed by atoms with Crippen LogP contribution in [0.1, 0.15) is 43.2 Å². The van der Waals surface area contributed by atoms with Crippen molar-refractivity contribution in [3.8, 4) is 5.75 Å². The van der Waals surface area contributed by atoms with E-state index in [1.165, 1.54) is 11.1 Å². The molecule has 1 aromatic carbocycles. The molecule has 86 valence electrons. The van der Waals surface area contributed by atoms with Crippen LogP contribution >= 0.6 is 0 Å². The summed E-state index contributed by atoms with van der Waals surface area (Å²) in [5, 5.41) is 0. The maximum Gasteiger partial charge on any atom is 0.140 e. The van der Waals surface area contributed by atoms with E-state index in [1.54, 1.807) is 7.11 Å². The normalized spacial score (nSPS) is 19.0. The molecule has 1 atom stereocenters. The molecule has 0 fully saturated rings. The first-order valence-electron chi connectivity index (χ1n) is 5.95. The molecule has 0 radical (unpaired) electrons. The third-order valence-electron chi connectivity index (χ3n) is 3.40. The van der Waals surface area contributed by atoms with E-state index in [0.29, 0.717) is 12.2 Å². The fraction of sp³-hybridized carbons (Fsp3) is 0.500. The van der Waals surface area contributed by atoms with E-state index in [2.05, 4.69) is 12.1 Å². The van der Waals surface area contributed by atoms with Crippen molar-refractivity contribution in [1.82, 2.24) is 0 Å². The van der Waals surface area contributed by atoms with Crippen LogP contribution in [0.25, 0.3) is 0 Å². The van der Waals surface area contributed by atoms with Crippen molar-refractivity contribution < 1.29 is 9.53 Å². The van der Waals surface area contributed by atoms with E-state index in [-0.39, 0.29) is 5.92 Å². The molecule has 0 aliphatic heterocycles. The molecule has 0 N–H and O–H groups in total. The van der Waals surface area contributed by atoms with Crippen LogP contribution in [0.2, 0.25) is 0 Å². The van der Waals surface area contributed by atoms with Gasteiger partial charge >= 0.3 is 0 Å². The molecule has 0 saturated carbocycles. The Labute approximate surface area is 96.6 Å². The number of ketones is 1. The van der Waals surface area contributed by atoms with Gasteiger partial charge in [-0.25, -0.2) is 0 Å². The van der Waals surface area contributed by atoms with Crippen LogP contribution in [0.15, 0.2) is 18.2 Å². The largest absolute Gasteiger partial charge is 0.497 e. The van der Waals surface area contributed by atoms with Crippen molar-refractivity contribution in [2.24, 2.45) is 0 Å². The number of carbonyl (C=O) groups is 1. The van der Waals surface area contributed by atoms with Crippen LogP contribution in [0.3, 0.4) is 0 Å². The van der Waals surface area contributed by atoms with Gasteiger partial charge in [-0.3, -0.25) is 4.79 Å². The second kappa shape index (κ2) is 4.69. The molecular formula is C14H18O2. The lowest BCUT2D eigenvalue weighted by molar-refractivity contribution is -0.120. The van der Waals surface area contributed by atoms with Crippen LogP contribution < -0.4 is 4.74 Å². The van der Waals surface area contributed by atoms with E-state index in [4.69, 9.17) is 4.74 Å². The van der Waals surface area contributed by atoms with Crippen molar-refractivity contribution in [2.75, 3.05) is 7.11 Å². The Morgan fingerprint density at radius 2 is 2.31 bits per heavy atom. The van der Waals surface area contributed by atoms with Gasteiger partial charge in [0.05, 0.1) is 7.11 Å². The van der Waals surface area contributed by atoms with Gasteiger partial charge < -0.3 is 4.74 Å². The quantitative estimate of drug-likeness (QED) is 0.779. The lowest BCUT2D eigenvalue weighted by atomic mass is 9.80. The average Bonchev–Trinajstić information content (AvgIpc) is 2.36. The fourth-order valence-electron chi connectivity index (χ4n) is 2.50. The summed E-state index contributed by atoms with van der Waals surface area (Å²) in [6.45, 7) is 1.94. The Kier molecular flexibility index (Phi) is 3.28. The van der Waals surface area contributed by atoms with Crippen molar-refractivity contribution in [3.63, 3.8) is 0 Å². The van der Waals surface area contributed by atoms with E-state index < -0.39 is 0 Å². The molecule has 0 aromatic heterocycles. The van der Waals surface area contributed by atoms with E-state index in [0.717, 1.165) is 25.0 Å². The molecule has 1 aromatic rings. The molecule has 0 bridgehead atoms. The van der Waals surface area contributed by atoms with Crippen LogP contribution in [0.5, 0.6) is 5.75 Å². The first-order chi connectivity index (χ1) is 7.76. The number of hydrogen-bond donors (Lipinski definition) is 0. The number of methoxy groups -OCH3 is 1. The Morgan fingerprint density at radius 3 is 3.00 bits per heavy atom. The van der Waals surface area contributed by atoms with Crippen LogP contribution in [-0.2, 0) is 11.2 Å². The minimum atomic E-state index is 0.125. The lowest BCUT2D eigenvalue weighted by Crippen LogP contribution is -2.17. The zero-order valence-electron chi connectivity index (χ0n) is 9.95. The van der Waals surface area contributed by atoms with Crippen LogP contribution in [0.4, 0.5) is 0 Å². The number of benzene rings is 1. The summed E-state index contributed by atoms with van der Waals surface area (Å²) in [5.74, 6) is 1.38. The molecule has 2 heteroatoms. The summed E-state index contributed by atoms with van der Waals surface area (Å²) < 4.78 is 5.22. The van der Waals surface area contributed by atoms with Gasteiger partial charge in [0.1, 0.15) is 11.5 Å². The van der Waals surface area contributed by atoms with Crippen molar-refractivity contribution in [1.29, 1.82) is 0 Å². The van der Waals surface area contributed by atoms with Gasteiger partial charge in [-0.05, 0) is 42.5 Å². The van der Waals surface area contributed by atoms with Gasteiger partial charge in [0.15, 0.2) is 0 Å². The third-order valence-corrected chi connectivity index (χ3v) is 3.40. The first kappa shape index (κ1) is 11.2. The Balaban J connectivity index is 2.36. The van der Waals surface area contributed by atoms with Gasteiger partial charge in [-0.15, -0.1) is 0 Å². The number of aryl methyl sites for hydroxylation is 1. The molecule has 1 aliphatic carbocycles. The number of carbonyl (C=O) groups excluding carboxylic acids is 1. The highest BCUT2D eigenvalue weighted by atomic mass is 16.5. The summed E-state index contributed by atoms with van der Waals surface area (Å²) >= 11 is 0. The molecule has 0 spiro atoms. The van der Waals surface area contributed by atoms with Crippen molar-refractivity contribution in [2.45, 2.75) is 38.5 Å². The summed E-state index contributed by atoms with van der Waals surface area (Å²) in [6.07, 6.45) is 3.82. The minimum Gasteiger partial charge on any atom is -0.497 e. The SMILES string of the molecule is CCC(=O)C1CCCc2cc(OC)ccc21. The summed E-state index contributed by atoms with van der Waals surface area (Å²) in [7, 11) is 1.68. The minimum absolute atomic E-state index is 0.125. The predicted molar refractivity (Wildman–Crippen MR) is 64.0 cm³/mol. The molecule has 2 rings (SSSR count). The standard InChI is InChI=1S/C14H18O2/c1-3-14(15)13-6-4-5-10-9-11(16-2)7-8-12(10)13/h7-9,13H,3-6H2,1-2H3. The van der Waals surface area contributed by atoms with Gasteiger partial charge in [0.25, 0.3) is 0 Å². The van der Waals surface area contributed by atoms with Crippen molar-refractivity contribution in [3.05, 3.63) is 29.3 Å². The highest BCUT2D eigenvalue weighted by Gasteiger charge is 2.25. The predicted octanol–water partition coefficient (Wildman–Crippen LogP) is 3.09. The molecule has 0 heterocycles. The third kappa shape index (κ3) is 1.97. The smallest absolute Gasteiger partial charge is 0.140 e. The maximum atomic E-state index is 11.9. The molecule has 16 heavy (non-hydrogen) atoms. The monoisotopic (exact) mass is 218 g/mol. The number of fused-ring (bicyclic) bond motifs is 1. The highest BCUT2D eigenvalue weighted by Crippen LogP contribution is 2.34. The Morgan fingerprint density at radius 1 is 1.50 bits per heavy atom. The molecule has 0 amide bonds. The zero-order valence-corrected chi connectivity index (χ0v) is 9.95. The van der Waals surface area contributed by atoms with Gasteiger partial charge in [-0.1, -0.05) is 13.0 Å². The summed E-state index contributed by atoms with van der Waals surface area (Å²) in [6, 6.07) is 6.09. The molecule has 1 unspecified atom stereocenters. The van der Waals surface area contributed by atoms with Crippen molar-refractivity contribution >= 4 is 5.78 Å². The van der Waals surface area contributed by atoms with Gasteiger partial charge in [0, 0.05) is 12.3 Å². The van der Waals surface area contributed by atoms with Gasteiger partial charge in [0.2, 0.25) is 0 Å². The van der Waals surface area contributed by atoms with E-state index in [9.17, 15) is 4.79 Å². The molecule has 1 aliphatic rings. The van der Waals surface area contributed by atoms with E-state index >= 15 is 0 Å². The molecule has 2 nitrogen and oxygen atoms in total. The molecular weight excluding hydrogens is 200 g/mol. The van der Waals surface area contributed by atoms with Gasteiger partial charge in [-0.2, -0.15) is 0 Å².